The number of nitrogens with zero attached hydrogens (tertiary/aromatic N) is 4. The number of fused-ring (bicyclic) bond motifs is 1. The van der Waals surface area contributed by atoms with Crippen molar-refractivity contribution in [3.8, 4) is 0 Å². The number of rotatable bonds is 2. The summed E-state index contributed by atoms with van der Waals surface area (Å²) in [5.74, 6) is 0.648. The Kier molecular flexibility index (Phi) is 2.34. The maximum atomic E-state index is 6.08. The minimum Gasteiger partial charge on any atom is -0.369 e. The first-order valence-corrected chi connectivity index (χ1v) is 6.43. The van der Waals surface area contributed by atoms with Crippen molar-refractivity contribution < 1.29 is 0 Å². The van der Waals surface area contributed by atoms with E-state index in [4.69, 9.17) is 5.73 Å². The lowest BCUT2D eigenvalue weighted by Gasteiger charge is -2.14. The Balaban J connectivity index is 2.24. The van der Waals surface area contributed by atoms with E-state index in [9.17, 15) is 0 Å². The third-order valence-corrected chi connectivity index (χ3v) is 3.76. The molecule has 2 aromatic heterocycles. The van der Waals surface area contributed by atoms with Crippen LogP contribution in [0, 0.1) is 6.92 Å². The summed E-state index contributed by atoms with van der Waals surface area (Å²) in [5.41, 5.74) is 9.13. The molecule has 1 aliphatic carbocycles. The van der Waals surface area contributed by atoms with E-state index in [0.29, 0.717) is 12.0 Å². The van der Waals surface area contributed by atoms with Gasteiger partial charge in [-0.3, -0.25) is 4.57 Å². The molecular formula is C12H19N5. The summed E-state index contributed by atoms with van der Waals surface area (Å²) in [7, 11) is 0. The molecule has 17 heavy (non-hydrogen) atoms. The highest BCUT2D eigenvalue weighted by atomic mass is 15.4. The smallest absolute Gasteiger partial charge is 0.202 e. The molecule has 1 saturated carbocycles. The molecule has 0 spiro atoms. The summed E-state index contributed by atoms with van der Waals surface area (Å²) in [6, 6.07) is 0.515. The van der Waals surface area contributed by atoms with E-state index in [1.807, 2.05) is 11.6 Å². The van der Waals surface area contributed by atoms with Gasteiger partial charge >= 0.3 is 0 Å². The number of nitrogens with two attached hydrogens (primary N) is 1. The van der Waals surface area contributed by atoms with E-state index in [2.05, 4.69) is 21.6 Å². The quantitative estimate of drug-likeness (QED) is 0.865. The molecule has 0 aromatic carbocycles. The number of anilines is 1. The fraction of sp³-hybridized carbons (Fsp3) is 0.667. The van der Waals surface area contributed by atoms with Gasteiger partial charge in [0.25, 0.3) is 0 Å². The summed E-state index contributed by atoms with van der Waals surface area (Å²) < 4.78 is 4.22. The zero-order chi connectivity index (χ0) is 12.0. The average molecular weight is 233 g/mol. The predicted molar refractivity (Wildman–Crippen MR) is 67.8 cm³/mol. The van der Waals surface area contributed by atoms with Crippen LogP contribution in [-0.4, -0.2) is 19.3 Å². The molecule has 0 saturated heterocycles. The molecule has 0 unspecified atom stereocenters. The van der Waals surface area contributed by atoms with Crippen LogP contribution in [0.25, 0.3) is 11.2 Å². The van der Waals surface area contributed by atoms with E-state index >= 15 is 0 Å². The Hall–Kier alpha value is -1.52. The van der Waals surface area contributed by atoms with Gasteiger partial charge < -0.3 is 5.73 Å². The van der Waals surface area contributed by atoms with Crippen molar-refractivity contribution in [3.63, 3.8) is 0 Å². The third-order valence-electron chi connectivity index (χ3n) is 3.76. The van der Waals surface area contributed by atoms with Gasteiger partial charge in [0.05, 0.1) is 5.69 Å². The van der Waals surface area contributed by atoms with Crippen LogP contribution in [0.2, 0.25) is 0 Å². The molecule has 2 N–H and O–H groups in total. The van der Waals surface area contributed by atoms with Crippen molar-refractivity contribution in [2.24, 2.45) is 0 Å². The van der Waals surface area contributed by atoms with Crippen LogP contribution < -0.4 is 5.73 Å². The lowest BCUT2D eigenvalue weighted by atomic mass is 10.2. The first-order valence-electron chi connectivity index (χ1n) is 6.43. The van der Waals surface area contributed by atoms with Crippen LogP contribution in [0.5, 0.6) is 0 Å². The summed E-state index contributed by atoms with van der Waals surface area (Å²) in [5, 5.41) is 4.52. The molecule has 0 aliphatic heterocycles. The number of hydrogen-bond acceptors (Lipinski definition) is 3. The fourth-order valence-electron chi connectivity index (χ4n) is 2.95. The van der Waals surface area contributed by atoms with Crippen LogP contribution in [0.1, 0.15) is 44.3 Å². The zero-order valence-corrected chi connectivity index (χ0v) is 10.5. The summed E-state index contributed by atoms with van der Waals surface area (Å²) in [6.07, 6.45) is 5.01. The van der Waals surface area contributed by atoms with Gasteiger partial charge in [0.2, 0.25) is 5.95 Å². The van der Waals surface area contributed by atoms with Gasteiger partial charge in [-0.05, 0) is 26.7 Å². The lowest BCUT2D eigenvalue weighted by Crippen LogP contribution is -2.12. The summed E-state index contributed by atoms with van der Waals surface area (Å²) in [4.78, 5) is 4.48. The van der Waals surface area contributed by atoms with Crippen molar-refractivity contribution in [1.82, 2.24) is 19.3 Å². The van der Waals surface area contributed by atoms with Gasteiger partial charge in [-0.2, -0.15) is 5.10 Å². The van der Waals surface area contributed by atoms with Gasteiger partial charge in [0.15, 0.2) is 5.65 Å². The maximum Gasteiger partial charge on any atom is 0.202 e. The van der Waals surface area contributed by atoms with Gasteiger partial charge in [-0.25, -0.2) is 9.67 Å². The standard InChI is InChI=1S/C12H19N5/c1-3-16-11-10(8(2)15-16)14-12(13)17(11)9-6-4-5-7-9/h9H,3-7H2,1-2H3,(H2,13,14). The number of hydrogen-bond donors (Lipinski definition) is 1. The van der Waals surface area contributed by atoms with Gasteiger partial charge in [-0.1, -0.05) is 12.8 Å². The number of nitrogen functional groups attached to an aromatic ring is 1. The van der Waals surface area contributed by atoms with E-state index in [0.717, 1.165) is 23.4 Å². The zero-order valence-electron chi connectivity index (χ0n) is 10.5. The van der Waals surface area contributed by atoms with Crippen LogP contribution >= 0.6 is 0 Å². The SMILES string of the molecule is CCn1nc(C)c2nc(N)n(C3CCCC3)c21. The highest BCUT2D eigenvalue weighted by molar-refractivity contribution is 5.77. The molecule has 1 fully saturated rings. The van der Waals surface area contributed by atoms with Crippen molar-refractivity contribution >= 4 is 17.1 Å². The first kappa shape index (κ1) is 10.6. The van der Waals surface area contributed by atoms with Gasteiger partial charge in [0, 0.05) is 12.6 Å². The Morgan fingerprint density at radius 3 is 2.71 bits per heavy atom. The molecule has 2 aromatic rings. The molecule has 5 heteroatoms. The monoisotopic (exact) mass is 233 g/mol. The van der Waals surface area contributed by atoms with Crippen molar-refractivity contribution in [3.05, 3.63) is 5.69 Å². The van der Waals surface area contributed by atoms with E-state index in [1.165, 1.54) is 25.7 Å². The van der Waals surface area contributed by atoms with Crippen LogP contribution in [0.15, 0.2) is 0 Å². The minimum atomic E-state index is 0.515. The highest BCUT2D eigenvalue weighted by Crippen LogP contribution is 2.35. The second-order valence-electron chi connectivity index (χ2n) is 4.85. The molecule has 5 nitrogen and oxygen atoms in total. The molecule has 2 heterocycles. The topological polar surface area (TPSA) is 61.7 Å². The molecule has 3 rings (SSSR count). The van der Waals surface area contributed by atoms with E-state index in [1.54, 1.807) is 0 Å². The highest BCUT2D eigenvalue weighted by Gasteiger charge is 2.24. The van der Waals surface area contributed by atoms with Crippen molar-refractivity contribution in [2.75, 3.05) is 5.73 Å². The van der Waals surface area contributed by atoms with E-state index in [-0.39, 0.29) is 0 Å². The Bertz CT molecular complexity index is 545. The molecule has 1 aliphatic rings. The predicted octanol–water partition coefficient (Wildman–Crippen LogP) is 2.26. The molecule has 0 bridgehead atoms. The summed E-state index contributed by atoms with van der Waals surface area (Å²) in [6.45, 7) is 4.97. The summed E-state index contributed by atoms with van der Waals surface area (Å²) >= 11 is 0. The van der Waals surface area contributed by atoms with Gasteiger partial charge in [-0.15, -0.1) is 0 Å². The third kappa shape index (κ3) is 1.45. The van der Waals surface area contributed by atoms with Crippen molar-refractivity contribution in [2.45, 2.75) is 52.1 Å². The number of aryl methyl sites for hydroxylation is 2. The van der Waals surface area contributed by atoms with Crippen LogP contribution in [0.4, 0.5) is 5.95 Å². The van der Waals surface area contributed by atoms with E-state index < -0.39 is 0 Å². The van der Waals surface area contributed by atoms with Gasteiger partial charge in [0.1, 0.15) is 5.52 Å². The Labute approximate surface area is 101 Å². The molecule has 0 atom stereocenters. The lowest BCUT2D eigenvalue weighted by molar-refractivity contribution is 0.520. The van der Waals surface area contributed by atoms with Crippen LogP contribution in [0.3, 0.4) is 0 Å². The Morgan fingerprint density at radius 2 is 2.06 bits per heavy atom. The fourth-order valence-corrected chi connectivity index (χ4v) is 2.95. The van der Waals surface area contributed by atoms with Crippen LogP contribution in [-0.2, 0) is 6.54 Å². The average Bonchev–Trinajstić information content (AvgIpc) is 2.97. The second-order valence-corrected chi connectivity index (χ2v) is 4.85. The second kappa shape index (κ2) is 3.75. The minimum absolute atomic E-state index is 0.515. The molecule has 0 radical (unpaired) electrons. The number of imidazole rings is 1. The maximum absolute atomic E-state index is 6.08. The van der Waals surface area contributed by atoms with Crippen molar-refractivity contribution in [1.29, 1.82) is 0 Å². The molecule has 92 valence electrons. The molecule has 0 amide bonds. The first-order chi connectivity index (χ1) is 8.22. The molecular weight excluding hydrogens is 214 g/mol. The largest absolute Gasteiger partial charge is 0.369 e. The number of aromatic nitrogens is 4. The normalized spacial score (nSPS) is 17.3. The Morgan fingerprint density at radius 1 is 1.35 bits per heavy atom.